The molecule has 0 aliphatic rings. The van der Waals surface area contributed by atoms with Crippen LogP contribution in [0.5, 0.6) is 5.75 Å². The van der Waals surface area contributed by atoms with Gasteiger partial charge in [-0.15, -0.1) is 0 Å². The zero-order valence-electron chi connectivity index (χ0n) is 12.9. The summed E-state index contributed by atoms with van der Waals surface area (Å²) in [6.07, 6.45) is 4.52. The number of hydrogen-bond acceptors (Lipinski definition) is 3. The molecular weight excluding hydrogens is 288 g/mol. The largest absolute Gasteiger partial charge is 0.488 e. The van der Waals surface area contributed by atoms with Crippen molar-refractivity contribution < 1.29 is 9.84 Å². The van der Waals surface area contributed by atoms with Crippen molar-refractivity contribution in [2.75, 3.05) is 6.61 Å². The van der Waals surface area contributed by atoms with Gasteiger partial charge in [0, 0.05) is 30.5 Å². The van der Waals surface area contributed by atoms with E-state index in [0.29, 0.717) is 19.6 Å². The van der Waals surface area contributed by atoms with Gasteiger partial charge in [-0.25, -0.2) is 0 Å². The number of hydrogen-bond donors (Lipinski definition) is 1. The van der Waals surface area contributed by atoms with Gasteiger partial charge in [-0.2, -0.15) is 5.10 Å². The van der Waals surface area contributed by atoms with Crippen LogP contribution in [0.1, 0.15) is 12.0 Å². The second-order valence-corrected chi connectivity index (χ2v) is 5.34. The first-order valence-electron chi connectivity index (χ1n) is 7.76. The van der Waals surface area contributed by atoms with E-state index in [1.165, 1.54) is 0 Å². The summed E-state index contributed by atoms with van der Waals surface area (Å²) in [5.41, 5.74) is 3.19. The van der Waals surface area contributed by atoms with Gasteiger partial charge < -0.3 is 9.84 Å². The molecule has 1 heterocycles. The van der Waals surface area contributed by atoms with Crippen molar-refractivity contribution in [2.24, 2.45) is 0 Å². The molecule has 4 nitrogen and oxygen atoms in total. The smallest absolute Gasteiger partial charge is 0.127 e. The van der Waals surface area contributed by atoms with Crippen molar-refractivity contribution >= 4 is 0 Å². The molecule has 0 saturated heterocycles. The zero-order chi connectivity index (χ0) is 15.9. The van der Waals surface area contributed by atoms with Crippen molar-refractivity contribution in [3.05, 3.63) is 72.6 Å². The van der Waals surface area contributed by atoms with Gasteiger partial charge in [0.05, 0.1) is 6.20 Å². The lowest BCUT2D eigenvalue weighted by Crippen LogP contribution is -1.99. The standard InChI is InChI=1S/C19H20N2O2/c22-12-6-11-21-14-17(13-20-21)18-9-4-5-10-19(18)23-15-16-7-2-1-3-8-16/h1-5,7-10,13-14,22H,6,11-12,15H2. The highest BCUT2D eigenvalue weighted by molar-refractivity contribution is 5.69. The third kappa shape index (κ3) is 3.99. The molecule has 3 aromatic rings. The van der Waals surface area contributed by atoms with Crippen LogP contribution >= 0.6 is 0 Å². The molecule has 0 aliphatic heterocycles. The highest BCUT2D eigenvalue weighted by atomic mass is 16.5. The van der Waals surface area contributed by atoms with Crippen LogP contribution in [0.3, 0.4) is 0 Å². The van der Waals surface area contributed by atoms with Crippen LogP contribution in [-0.4, -0.2) is 21.5 Å². The number of aromatic nitrogens is 2. The lowest BCUT2D eigenvalue weighted by molar-refractivity contribution is 0.277. The second kappa shape index (κ2) is 7.61. The van der Waals surface area contributed by atoms with Crippen molar-refractivity contribution in [2.45, 2.75) is 19.6 Å². The van der Waals surface area contributed by atoms with E-state index < -0.39 is 0 Å². The van der Waals surface area contributed by atoms with Crippen LogP contribution in [-0.2, 0) is 13.2 Å². The maximum Gasteiger partial charge on any atom is 0.127 e. The fourth-order valence-corrected chi connectivity index (χ4v) is 2.42. The highest BCUT2D eigenvalue weighted by Gasteiger charge is 2.08. The first-order chi connectivity index (χ1) is 11.4. The molecule has 0 fully saturated rings. The quantitative estimate of drug-likeness (QED) is 0.726. The maximum absolute atomic E-state index is 8.91. The lowest BCUT2D eigenvalue weighted by atomic mass is 10.1. The van der Waals surface area contributed by atoms with Gasteiger partial charge in [-0.3, -0.25) is 4.68 Å². The first-order valence-corrected chi connectivity index (χ1v) is 7.76. The summed E-state index contributed by atoms with van der Waals surface area (Å²) in [5, 5.41) is 13.3. The molecule has 0 saturated carbocycles. The van der Waals surface area contributed by atoms with E-state index in [9.17, 15) is 0 Å². The Balaban J connectivity index is 1.76. The van der Waals surface area contributed by atoms with Gasteiger partial charge >= 0.3 is 0 Å². The topological polar surface area (TPSA) is 47.3 Å². The van der Waals surface area contributed by atoms with Gasteiger partial charge in [0.15, 0.2) is 0 Å². The summed E-state index contributed by atoms with van der Waals surface area (Å²) in [6, 6.07) is 18.1. The maximum atomic E-state index is 8.91. The minimum Gasteiger partial charge on any atom is -0.488 e. The lowest BCUT2D eigenvalue weighted by Gasteiger charge is -2.10. The predicted molar refractivity (Wildman–Crippen MR) is 90.1 cm³/mol. The van der Waals surface area contributed by atoms with Crippen molar-refractivity contribution in [1.82, 2.24) is 9.78 Å². The Kier molecular flexibility index (Phi) is 5.06. The Morgan fingerprint density at radius 2 is 1.78 bits per heavy atom. The monoisotopic (exact) mass is 308 g/mol. The van der Waals surface area contributed by atoms with Crippen molar-refractivity contribution in [3.63, 3.8) is 0 Å². The van der Waals surface area contributed by atoms with E-state index in [2.05, 4.69) is 17.2 Å². The molecule has 3 rings (SSSR count). The molecule has 1 aromatic heterocycles. The molecular formula is C19H20N2O2. The molecule has 0 spiro atoms. The number of benzene rings is 2. The zero-order valence-corrected chi connectivity index (χ0v) is 12.9. The van der Waals surface area contributed by atoms with Crippen molar-refractivity contribution in [3.8, 4) is 16.9 Å². The van der Waals surface area contributed by atoms with Crippen LogP contribution in [0.25, 0.3) is 11.1 Å². The fraction of sp³-hybridized carbons (Fsp3) is 0.211. The third-order valence-electron chi connectivity index (χ3n) is 3.61. The van der Waals surface area contributed by atoms with Crippen LogP contribution < -0.4 is 4.74 Å². The van der Waals surface area contributed by atoms with Crippen molar-refractivity contribution in [1.29, 1.82) is 0 Å². The fourth-order valence-electron chi connectivity index (χ4n) is 2.42. The Morgan fingerprint density at radius 1 is 1.00 bits per heavy atom. The number of aryl methyl sites for hydroxylation is 1. The molecule has 0 radical (unpaired) electrons. The van der Waals surface area contributed by atoms with Gasteiger partial charge in [-0.05, 0) is 18.1 Å². The van der Waals surface area contributed by atoms with E-state index in [-0.39, 0.29) is 6.61 Å². The highest BCUT2D eigenvalue weighted by Crippen LogP contribution is 2.30. The minimum absolute atomic E-state index is 0.173. The van der Waals surface area contributed by atoms with Crippen LogP contribution in [0.15, 0.2) is 67.0 Å². The van der Waals surface area contributed by atoms with Crippen LogP contribution in [0, 0.1) is 0 Å². The molecule has 1 N–H and O–H groups in total. The molecule has 0 aliphatic carbocycles. The number of nitrogens with zero attached hydrogens (tertiary/aromatic N) is 2. The molecule has 23 heavy (non-hydrogen) atoms. The second-order valence-electron chi connectivity index (χ2n) is 5.34. The molecule has 0 unspecified atom stereocenters. The number of para-hydroxylation sites is 1. The number of aliphatic hydroxyl groups excluding tert-OH is 1. The summed E-state index contributed by atoms with van der Waals surface area (Å²) in [5.74, 6) is 0.845. The molecule has 2 aromatic carbocycles. The Hall–Kier alpha value is -2.59. The normalized spacial score (nSPS) is 10.7. The Bertz CT molecular complexity index is 738. The summed E-state index contributed by atoms with van der Waals surface area (Å²) in [7, 11) is 0. The van der Waals surface area contributed by atoms with E-state index in [4.69, 9.17) is 9.84 Å². The molecule has 0 bridgehead atoms. The predicted octanol–water partition coefficient (Wildman–Crippen LogP) is 3.51. The van der Waals surface area contributed by atoms with Gasteiger partial charge in [0.1, 0.15) is 12.4 Å². The van der Waals surface area contributed by atoms with Gasteiger partial charge in [0.25, 0.3) is 0 Å². The average Bonchev–Trinajstić information content (AvgIpc) is 3.08. The van der Waals surface area contributed by atoms with Crippen LogP contribution in [0.2, 0.25) is 0 Å². The number of ether oxygens (including phenoxy) is 1. The Morgan fingerprint density at radius 3 is 2.61 bits per heavy atom. The molecule has 4 heteroatoms. The SMILES string of the molecule is OCCCn1cc(-c2ccccc2OCc2ccccc2)cn1. The molecule has 118 valence electrons. The van der Waals surface area contributed by atoms with E-state index in [0.717, 1.165) is 22.4 Å². The minimum atomic E-state index is 0.173. The van der Waals surface area contributed by atoms with E-state index in [1.54, 1.807) is 0 Å². The van der Waals surface area contributed by atoms with Gasteiger partial charge in [-0.1, -0.05) is 48.5 Å². The third-order valence-corrected chi connectivity index (χ3v) is 3.61. The van der Waals surface area contributed by atoms with Crippen LogP contribution in [0.4, 0.5) is 0 Å². The molecule has 0 amide bonds. The molecule has 0 atom stereocenters. The number of rotatable bonds is 7. The first kappa shape index (κ1) is 15.3. The Labute approximate surface area is 136 Å². The summed E-state index contributed by atoms with van der Waals surface area (Å²) >= 11 is 0. The average molecular weight is 308 g/mol. The summed E-state index contributed by atoms with van der Waals surface area (Å²) in [4.78, 5) is 0. The van der Waals surface area contributed by atoms with E-state index >= 15 is 0 Å². The van der Waals surface area contributed by atoms with E-state index in [1.807, 2.05) is 59.5 Å². The summed E-state index contributed by atoms with van der Waals surface area (Å²) in [6.45, 7) is 1.42. The summed E-state index contributed by atoms with van der Waals surface area (Å²) < 4.78 is 7.84. The number of aliphatic hydroxyl groups is 1. The van der Waals surface area contributed by atoms with Gasteiger partial charge in [0.2, 0.25) is 0 Å².